The lowest BCUT2D eigenvalue weighted by atomic mass is 10.1. The van der Waals surface area contributed by atoms with Crippen molar-refractivity contribution in [2.75, 3.05) is 31.1 Å². The van der Waals surface area contributed by atoms with Crippen LogP contribution in [0.2, 0.25) is 0 Å². The van der Waals surface area contributed by atoms with Crippen LogP contribution in [0.25, 0.3) is 22.1 Å². The summed E-state index contributed by atoms with van der Waals surface area (Å²) in [6.07, 6.45) is 4.72. The molecule has 0 saturated carbocycles. The van der Waals surface area contributed by atoms with Crippen LogP contribution in [0.3, 0.4) is 0 Å². The largest absolute Gasteiger partial charge is 0.460 e. The number of hydrogen-bond donors (Lipinski definition) is 0. The van der Waals surface area contributed by atoms with Gasteiger partial charge in [-0.2, -0.15) is 11.3 Å². The molecule has 0 spiro atoms. The zero-order valence-corrected chi connectivity index (χ0v) is 16.4. The van der Waals surface area contributed by atoms with Gasteiger partial charge in [0.05, 0.1) is 6.54 Å². The lowest BCUT2D eigenvalue weighted by Gasteiger charge is -2.21. The molecule has 1 aliphatic heterocycles. The number of anilines is 1. The highest BCUT2D eigenvalue weighted by Crippen LogP contribution is 2.28. The van der Waals surface area contributed by atoms with E-state index in [-0.39, 0.29) is 0 Å². The average molecular weight is 391 g/mol. The summed E-state index contributed by atoms with van der Waals surface area (Å²) >= 11 is 1.73. The molecule has 6 heteroatoms. The van der Waals surface area contributed by atoms with Gasteiger partial charge in [-0.3, -0.25) is 4.90 Å². The summed E-state index contributed by atoms with van der Waals surface area (Å²) in [6.45, 7) is 4.80. The van der Waals surface area contributed by atoms with E-state index >= 15 is 0 Å². The quantitative estimate of drug-likeness (QED) is 0.507. The molecule has 3 aromatic heterocycles. The monoisotopic (exact) mass is 390 g/mol. The summed E-state index contributed by atoms with van der Waals surface area (Å²) in [5, 5.41) is 5.47. The van der Waals surface area contributed by atoms with E-state index < -0.39 is 0 Å². The molecule has 0 amide bonds. The Hall–Kier alpha value is -2.70. The van der Waals surface area contributed by atoms with E-state index in [4.69, 9.17) is 4.42 Å². The van der Waals surface area contributed by atoms with Crippen molar-refractivity contribution in [1.82, 2.24) is 14.9 Å². The van der Waals surface area contributed by atoms with Crippen LogP contribution in [-0.2, 0) is 6.54 Å². The number of nitrogens with zero attached hydrogens (tertiary/aromatic N) is 4. The number of thiophene rings is 1. The normalized spacial score (nSPS) is 15.8. The second-order valence-electron chi connectivity index (χ2n) is 7.14. The standard InChI is InChI=1S/C22H22N4OS/c1-6-23-22(24-7-1)26-9-2-8-25(10-11-26)15-20-14-19-13-17(3-4-21(19)27-20)18-5-12-28-16-18/h1,3-7,12-14,16H,2,8-11,15H2. The fourth-order valence-electron chi connectivity index (χ4n) is 3.79. The summed E-state index contributed by atoms with van der Waals surface area (Å²) in [5.41, 5.74) is 3.47. The number of fused-ring (bicyclic) bond motifs is 1. The molecule has 5 rings (SSSR count). The summed E-state index contributed by atoms with van der Waals surface area (Å²) in [5.74, 6) is 1.86. The predicted octanol–water partition coefficient (Wildman–Crippen LogP) is 4.66. The molecule has 0 bridgehead atoms. The van der Waals surface area contributed by atoms with Gasteiger partial charge in [0.15, 0.2) is 0 Å². The second-order valence-corrected chi connectivity index (χ2v) is 7.92. The molecule has 4 heterocycles. The minimum absolute atomic E-state index is 0.828. The minimum Gasteiger partial charge on any atom is -0.460 e. The molecular formula is C22H22N4OS. The van der Waals surface area contributed by atoms with Crippen molar-refractivity contribution in [3.05, 3.63) is 65.3 Å². The van der Waals surface area contributed by atoms with Gasteiger partial charge in [-0.1, -0.05) is 6.07 Å². The Bertz CT molecular complexity index is 1050. The van der Waals surface area contributed by atoms with E-state index in [1.165, 1.54) is 16.5 Å². The first-order chi connectivity index (χ1) is 13.8. The Kier molecular flexibility index (Phi) is 4.81. The zero-order valence-electron chi connectivity index (χ0n) is 15.6. The van der Waals surface area contributed by atoms with Crippen LogP contribution in [0.4, 0.5) is 5.95 Å². The van der Waals surface area contributed by atoms with Crippen LogP contribution in [0.1, 0.15) is 12.2 Å². The number of hydrogen-bond acceptors (Lipinski definition) is 6. The van der Waals surface area contributed by atoms with E-state index in [2.05, 4.69) is 60.9 Å². The smallest absolute Gasteiger partial charge is 0.225 e. The van der Waals surface area contributed by atoms with Crippen molar-refractivity contribution >= 4 is 28.3 Å². The summed E-state index contributed by atoms with van der Waals surface area (Å²) in [6, 6.07) is 12.7. The summed E-state index contributed by atoms with van der Waals surface area (Å²) in [4.78, 5) is 13.5. The van der Waals surface area contributed by atoms with Crippen LogP contribution in [0, 0.1) is 0 Å². The Labute approximate surface area is 168 Å². The number of benzene rings is 1. The Morgan fingerprint density at radius 2 is 1.89 bits per heavy atom. The number of rotatable bonds is 4. The second kappa shape index (κ2) is 7.73. The molecule has 28 heavy (non-hydrogen) atoms. The summed E-state index contributed by atoms with van der Waals surface area (Å²) in [7, 11) is 0. The van der Waals surface area contributed by atoms with Crippen molar-refractivity contribution in [3.8, 4) is 11.1 Å². The van der Waals surface area contributed by atoms with Crippen molar-refractivity contribution < 1.29 is 4.42 Å². The van der Waals surface area contributed by atoms with Gasteiger partial charge in [0, 0.05) is 44.0 Å². The minimum atomic E-state index is 0.828. The molecule has 1 aromatic carbocycles. The SMILES string of the molecule is c1cnc(N2CCCN(Cc3cc4cc(-c5ccsc5)ccc4o3)CC2)nc1. The molecular weight excluding hydrogens is 368 g/mol. The molecule has 0 unspecified atom stereocenters. The van der Waals surface area contributed by atoms with Gasteiger partial charge in [0.2, 0.25) is 5.95 Å². The topological polar surface area (TPSA) is 45.4 Å². The van der Waals surface area contributed by atoms with Crippen molar-refractivity contribution in [3.63, 3.8) is 0 Å². The molecule has 0 radical (unpaired) electrons. The van der Waals surface area contributed by atoms with Crippen LogP contribution in [0.5, 0.6) is 0 Å². The zero-order chi connectivity index (χ0) is 18.8. The molecule has 0 aliphatic carbocycles. The van der Waals surface area contributed by atoms with Crippen LogP contribution in [0.15, 0.2) is 64.0 Å². The van der Waals surface area contributed by atoms with Crippen LogP contribution in [-0.4, -0.2) is 41.0 Å². The van der Waals surface area contributed by atoms with Gasteiger partial charge >= 0.3 is 0 Å². The van der Waals surface area contributed by atoms with Crippen LogP contribution < -0.4 is 4.90 Å². The highest BCUT2D eigenvalue weighted by molar-refractivity contribution is 7.08. The lowest BCUT2D eigenvalue weighted by Crippen LogP contribution is -2.31. The van der Waals surface area contributed by atoms with Gasteiger partial charge in [0.25, 0.3) is 0 Å². The van der Waals surface area contributed by atoms with E-state index in [0.29, 0.717) is 0 Å². The van der Waals surface area contributed by atoms with E-state index in [1.807, 2.05) is 18.5 Å². The average Bonchev–Trinajstić information content (AvgIpc) is 3.34. The lowest BCUT2D eigenvalue weighted by molar-refractivity contribution is 0.263. The van der Waals surface area contributed by atoms with E-state index in [9.17, 15) is 0 Å². The maximum atomic E-state index is 6.12. The molecule has 142 valence electrons. The molecule has 1 aliphatic rings. The third-order valence-corrected chi connectivity index (χ3v) is 5.91. The van der Waals surface area contributed by atoms with E-state index in [0.717, 1.165) is 56.4 Å². The van der Waals surface area contributed by atoms with Crippen LogP contribution >= 0.6 is 11.3 Å². The van der Waals surface area contributed by atoms with Gasteiger partial charge < -0.3 is 9.32 Å². The predicted molar refractivity (Wildman–Crippen MR) is 114 cm³/mol. The highest BCUT2D eigenvalue weighted by atomic mass is 32.1. The maximum absolute atomic E-state index is 6.12. The Morgan fingerprint density at radius 3 is 2.75 bits per heavy atom. The number of furan rings is 1. The van der Waals surface area contributed by atoms with Gasteiger partial charge in [0.1, 0.15) is 11.3 Å². The van der Waals surface area contributed by atoms with E-state index in [1.54, 1.807) is 11.3 Å². The third-order valence-electron chi connectivity index (χ3n) is 5.22. The fourth-order valence-corrected chi connectivity index (χ4v) is 4.45. The highest BCUT2D eigenvalue weighted by Gasteiger charge is 2.18. The molecule has 1 saturated heterocycles. The Balaban J connectivity index is 1.28. The van der Waals surface area contributed by atoms with Gasteiger partial charge in [-0.05, 0) is 58.6 Å². The first-order valence-corrected chi connectivity index (χ1v) is 10.6. The molecule has 1 fully saturated rings. The third kappa shape index (κ3) is 3.66. The van der Waals surface area contributed by atoms with Crippen molar-refractivity contribution in [2.45, 2.75) is 13.0 Å². The molecule has 5 nitrogen and oxygen atoms in total. The first kappa shape index (κ1) is 17.4. The molecule has 0 N–H and O–H groups in total. The maximum Gasteiger partial charge on any atom is 0.225 e. The van der Waals surface area contributed by atoms with Crippen molar-refractivity contribution in [1.29, 1.82) is 0 Å². The number of aromatic nitrogens is 2. The summed E-state index contributed by atoms with van der Waals surface area (Å²) < 4.78 is 6.12. The van der Waals surface area contributed by atoms with Gasteiger partial charge in [-0.15, -0.1) is 0 Å². The Morgan fingerprint density at radius 1 is 0.964 bits per heavy atom. The first-order valence-electron chi connectivity index (χ1n) is 9.64. The van der Waals surface area contributed by atoms with Gasteiger partial charge in [-0.25, -0.2) is 9.97 Å². The molecule has 0 atom stereocenters. The van der Waals surface area contributed by atoms with Crippen molar-refractivity contribution in [2.24, 2.45) is 0 Å². The molecule has 4 aromatic rings. The fraction of sp³-hybridized carbons (Fsp3) is 0.273.